The molecular weight excluding hydrogens is 431 g/mol. The van der Waals surface area contributed by atoms with E-state index in [1.165, 1.54) is 12.1 Å². The summed E-state index contributed by atoms with van der Waals surface area (Å²) in [5, 5.41) is 12.6. The van der Waals surface area contributed by atoms with Gasteiger partial charge in [-0.2, -0.15) is 0 Å². The highest BCUT2D eigenvalue weighted by atomic mass is 35.5. The van der Waals surface area contributed by atoms with E-state index >= 15 is 0 Å². The predicted molar refractivity (Wildman–Crippen MR) is 124 cm³/mol. The maximum atomic E-state index is 13.6. The van der Waals surface area contributed by atoms with E-state index in [9.17, 15) is 4.39 Å². The van der Waals surface area contributed by atoms with Gasteiger partial charge in [-0.25, -0.2) is 9.07 Å². The van der Waals surface area contributed by atoms with Crippen LogP contribution in [-0.2, 0) is 6.54 Å². The van der Waals surface area contributed by atoms with Gasteiger partial charge < -0.3 is 4.74 Å². The third kappa shape index (κ3) is 5.51. The Kier molecular flexibility index (Phi) is 8.33. The lowest BCUT2D eigenvalue weighted by molar-refractivity contribution is 0.112. The molecule has 0 bridgehead atoms. The van der Waals surface area contributed by atoms with Gasteiger partial charge in [-0.3, -0.25) is 9.80 Å². The highest BCUT2D eigenvalue weighted by Gasteiger charge is 2.30. The Bertz CT molecular complexity index is 986. The summed E-state index contributed by atoms with van der Waals surface area (Å²) in [6.45, 7) is 8.86. The van der Waals surface area contributed by atoms with Crippen LogP contribution in [-0.4, -0.2) is 69.8 Å². The molecule has 1 unspecified atom stereocenters. The molecule has 0 N–H and O–H groups in total. The summed E-state index contributed by atoms with van der Waals surface area (Å²) in [5.74, 6) is 1.30. The lowest BCUT2D eigenvalue weighted by Crippen LogP contribution is -2.48. The van der Waals surface area contributed by atoms with Gasteiger partial charge in [0, 0.05) is 32.7 Å². The highest BCUT2D eigenvalue weighted by molar-refractivity contribution is 5.85. The summed E-state index contributed by atoms with van der Waals surface area (Å²) >= 11 is 0. The Morgan fingerprint density at radius 1 is 1.06 bits per heavy atom. The van der Waals surface area contributed by atoms with E-state index in [2.05, 4.69) is 31.9 Å². The summed E-state index contributed by atoms with van der Waals surface area (Å²) in [6, 6.07) is 14.3. The molecule has 1 saturated heterocycles. The van der Waals surface area contributed by atoms with E-state index in [0.29, 0.717) is 6.54 Å². The maximum absolute atomic E-state index is 13.6. The number of halogens is 2. The number of benzene rings is 2. The molecule has 1 aliphatic heterocycles. The zero-order chi connectivity index (χ0) is 21.6. The molecule has 4 rings (SSSR count). The SMILES string of the molecule is C=CCN1CCN(C(c2ccc(F)cc2)c2nnnn2Cc2ccc(OC)cc2)CC1.Cl. The third-order valence-electron chi connectivity index (χ3n) is 5.64. The number of rotatable bonds is 8. The van der Waals surface area contributed by atoms with Gasteiger partial charge in [0.2, 0.25) is 0 Å². The van der Waals surface area contributed by atoms with Crippen LogP contribution in [0, 0.1) is 5.82 Å². The number of aromatic nitrogens is 4. The van der Waals surface area contributed by atoms with Gasteiger partial charge in [0.1, 0.15) is 11.6 Å². The van der Waals surface area contributed by atoms with Crippen LogP contribution in [0.1, 0.15) is 23.0 Å². The fourth-order valence-electron chi connectivity index (χ4n) is 3.98. The van der Waals surface area contributed by atoms with Crippen LogP contribution >= 0.6 is 12.4 Å². The van der Waals surface area contributed by atoms with Crippen molar-refractivity contribution in [2.45, 2.75) is 12.6 Å². The molecule has 2 aromatic carbocycles. The van der Waals surface area contributed by atoms with Gasteiger partial charge in [0.25, 0.3) is 0 Å². The van der Waals surface area contributed by atoms with Crippen molar-refractivity contribution < 1.29 is 9.13 Å². The molecule has 2 heterocycles. The molecule has 9 heteroatoms. The minimum absolute atomic E-state index is 0. The summed E-state index contributed by atoms with van der Waals surface area (Å²) in [6.07, 6.45) is 1.93. The number of piperazine rings is 1. The number of hydrogen-bond acceptors (Lipinski definition) is 6. The molecule has 7 nitrogen and oxygen atoms in total. The van der Waals surface area contributed by atoms with Gasteiger partial charge in [-0.15, -0.1) is 24.1 Å². The van der Waals surface area contributed by atoms with Crippen molar-refractivity contribution in [3.8, 4) is 5.75 Å². The Labute approximate surface area is 193 Å². The number of nitrogens with zero attached hydrogens (tertiary/aromatic N) is 6. The molecule has 170 valence electrons. The molecular formula is C23H28ClFN6O. The standard InChI is InChI=1S/C23H27FN6O.ClH/c1-3-12-28-13-15-29(16-14-28)22(19-6-8-20(24)9-7-19)23-25-26-27-30(23)17-18-4-10-21(31-2)11-5-18;/h3-11,22H,1,12-17H2,2H3;1H. The summed E-state index contributed by atoms with van der Waals surface area (Å²) in [7, 11) is 1.65. The van der Waals surface area contributed by atoms with Crippen LogP contribution in [0.25, 0.3) is 0 Å². The molecule has 1 atom stereocenters. The molecule has 32 heavy (non-hydrogen) atoms. The third-order valence-corrected chi connectivity index (χ3v) is 5.64. The van der Waals surface area contributed by atoms with Crippen LogP contribution in [0.15, 0.2) is 61.2 Å². The Morgan fingerprint density at radius 2 is 1.75 bits per heavy atom. The predicted octanol–water partition coefficient (Wildman–Crippen LogP) is 3.18. The zero-order valence-corrected chi connectivity index (χ0v) is 18.9. The first-order valence-corrected chi connectivity index (χ1v) is 10.4. The molecule has 1 aliphatic rings. The molecule has 0 spiro atoms. The van der Waals surface area contributed by atoms with Crippen molar-refractivity contribution in [3.63, 3.8) is 0 Å². The van der Waals surface area contributed by atoms with Gasteiger partial charge in [0.15, 0.2) is 5.82 Å². The van der Waals surface area contributed by atoms with Crippen molar-refractivity contribution >= 4 is 12.4 Å². The fraction of sp³-hybridized carbons (Fsp3) is 0.348. The van der Waals surface area contributed by atoms with E-state index in [1.54, 1.807) is 7.11 Å². The van der Waals surface area contributed by atoms with Crippen LogP contribution in [0.5, 0.6) is 5.75 Å². The first-order chi connectivity index (χ1) is 15.2. The summed E-state index contributed by atoms with van der Waals surface area (Å²) < 4.78 is 20.7. The summed E-state index contributed by atoms with van der Waals surface area (Å²) in [5.41, 5.74) is 2.05. The first-order valence-electron chi connectivity index (χ1n) is 10.4. The molecule has 0 radical (unpaired) electrons. The quantitative estimate of drug-likeness (QED) is 0.483. The van der Waals surface area contributed by atoms with Crippen LogP contribution in [0.3, 0.4) is 0 Å². The number of ether oxygens (including phenoxy) is 1. The van der Waals surface area contributed by atoms with Gasteiger partial charge in [-0.1, -0.05) is 30.3 Å². The van der Waals surface area contributed by atoms with Crippen molar-refractivity contribution in [3.05, 3.63) is 84.0 Å². The number of methoxy groups -OCH3 is 1. The second kappa shape index (κ2) is 11.2. The molecule has 0 amide bonds. The van der Waals surface area contributed by atoms with Crippen LogP contribution in [0.4, 0.5) is 4.39 Å². The Balaban J connectivity index is 0.00000289. The lowest BCUT2D eigenvalue weighted by Gasteiger charge is -2.38. The second-order valence-corrected chi connectivity index (χ2v) is 7.62. The van der Waals surface area contributed by atoms with Crippen LogP contribution < -0.4 is 4.74 Å². The smallest absolute Gasteiger partial charge is 0.173 e. The average molecular weight is 459 g/mol. The minimum Gasteiger partial charge on any atom is -0.497 e. The van der Waals surface area contributed by atoms with E-state index in [4.69, 9.17) is 4.74 Å². The largest absolute Gasteiger partial charge is 0.497 e. The number of tetrazole rings is 1. The van der Waals surface area contributed by atoms with Crippen LogP contribution in [0.2, 0.25) is 0 Å². The zero-order valence-electron chi connectivity index (χ0n) is 18.1. The average Bonchev–Trinajstić information content (AvgIpc) is 3.25. The van der Waals surface area contributed by atoms with Crippen molar-refractivity contribution in [2.75, 3.05) is 39.8 Å². The van der Waals surface area contributed by atoms with Crippen molar-refractivity contribution in [1.29, 1.82) is 0 Å². The van der Waals surface area contributed by atoms with Crippen molar-refractivity contribution in [1.82, 2.24) is 30.0 Å². The van der Waals surface area contributed by atoms with E-state index in [1.807, 2.05) is 47.2 Å². The molecule has 1 aromatic heterocycles. The van der Waals surface area contributed by atoms with Gasteiger partial charge in [-0.05, 0) is 45.8 Å². The van der Waals surface area contributed by atoms with Gasteiger partial charge in [0.05, 0.1) is 19.7 Å². The monoisotopic (exact) mass is 458 g/mol. The molecule has 0 saturated carbocycles. The second-order valence-electron chi connectivity index (χ2n) is 7.62. The van der Waals surface area contributed by atoms with E-state index in [0.717, 1.165) is 55.4 Å². The minimum atomic E-state index is -0.254. The number of hydrogen-bond donors (Lipinski definition) is 0. The Morgan fingerprint density at radius 3 is 2.38 bits per heavy atom. The molecule has 1 fully saturated rings. The fourth-order valence-corrected chi connectivity index (χ4v) is 3.98. The lowest BCUT2D eigenvalue weighted by atomic mass is 10.0. The normalized spacial score (nSPS) is 15.7. The van der Waals surface area contributed by atoms with E-state index < -0.39 is 0 Å². The first kappa shape index (κ1) is 23.8. The van der Waals surface area contributed by atoms with E-state index in [-0.39, 0.29) is 24.3 Å². The maximum Gasteiger partial charge on any atom is 0.173 e. The van der Waals surface area contributed by atoms with Crippen molar-refractivity contribution in [2.24, 2.45) is 0 Å². The molecule has 3 aromatic rings. The highest BCUT2D eigenvalue weighted by Crippen LogP contribution is 2.28. The van der Waals surface area contributed by atoms with Gasteiger partial charge >= 0.3 is 0 Å². The topological polar surface area (TPSA) is 59.3 Å². The summed E-state index contributed by atoms with van der Waals surface area (Å²) in [4.78, 5) is 4.73. The molecule has 0 aliphatic carbocycles. The Hall–Kier alpha value is -2.81.